The maximum Gasteiger partial charge on any atom is 0.215 e. The molecule has 0 atom stereocenters. The first-order chi connectivity index (χ1) is 10.8. The maximum absolute atomic E-state index is 4.40. The first kappa shape index (κ1) is 14.5. The summed E-state index contributed by atoms with van der Waals surface area (Å²) < 4.78 is 2.15. The van der Waals surface area contributed by atoms with Crippen molar-refractivity contribution >= 4 is 17.0 Å². The molecular formula is C18H17N3S. The molecule has 110 valence electrons. The molecule has 1 heterocycles. The van der Waals surface area contributed by atoms with Gasteiger partial charge in [0.25, 0.3) is 0 Å². The highest BCUT2D eigenvalue weighted by Gasteiger charge is 2.09. The molecule has 0 radical (unpaired) electrons. The largest absolute Gasteiger partial charge is 0.284 e. The molecule has 1 aromatic heterocycles. The molecule has 0 spiro atoms. The van der Waals surface area contributed by atoms with Crippen LogP contribution in [0.1, 0.15) is 13.8 Å². The number of para-hydroxylation sites is 1. The van der Waals surface area contributed by atoms with Crippen LogP contribution in [-0.2, 0) is 0 Å². The minimum absolute atomic E-state index is 0.867. The van der Waals surface area contributed by atoms with Gasteiger partial charge in [0, 0.05) is 16.8 Å². The van der Waals surface area contributed by atoms with Gasteiger partial charge in [-0.25, -0.2) is 0 Å². The molecule has 2 aromatic carbocycles. The maximum atomic E-state index is 4.40. The first-order valence-electron chi connectivity index (χ1n) is 7.12. The normalized spacial score (nSPS) is 11.5. The number of benzene rings is 2. The van der Waals surface area contributed by atoms with Gasteiger partial charge in [0.1, 0.15) is 0 Å². The summed E-state index contributed by atoms with van der Waals surface area (Å²) in [7, 11) is 0. The molecule has 3 rings (SSSR count). The molecule has 3 aromatic rings. The minimum atomic E-state index is 0.867. The van der Waals surface area contributed by atoms with Crippen molar-refractivity contribution in [3.8, 4) is 16.9 Å². The number of thiazole rings is 1. The van der Waals surface area contributed by atoms with Crippen molar-refractivity contribution in [1.29, 1.82) is 0 Å². The molecule has 0 aliphatic rings. The zero-order valence-corrected chi connectivity index (χ0v) is 13.4. The van der Waals surface area contributed by atoms with Crippen molar-refractivity contribution in [1.82, 2.24) is 4.57 Å². The van der Waals surface area contributed by atoms with Crippen LogP contribution in [0.3, 0.4) is 0 Å². The fourth-order valence-electron chi connectivity index (χ4n) is 2.16. The zero-order valence-electron chi connectivity index (χ0n) is 12.6. The highest BCUT2D eigenvalue weighted by Crippen LogP contribution is 2.23. The molecule has 0 amide bonds. The molecule has 3 nitrogen and oxygen atoms in total. The Bertz CT molecular complexity index is 839. The molecule has 22 heavy (non-hydrogen) atoms. The number of hydrogen-bond acceptors (Lipinski definition) is 3. The number of nitrogens with zero attached hydrogens (tertiary/aromatic N) is 3. The lowest BCUT2D eigenvalue weighted by Crippen LogP contribution is -2.13. The molecule has 4 heteroatoms. The van der Waals surface area contributed by atoms with E-state index in [1.807, 2.05) is 50.2 Å². The van der Waals surface area contributed by atoms with Crippen molar-refractivity contribution in [3.63, 3.8) is 0 Å². The van der Waals surface area contributed by atoms with Crippen LogP contribution < -0.4 is 4.80 Å². The van der Waals surface area contributed by atoms with Gasteiger partial charge < -0.3 is 0 Å². The van der Waals surface area contributed by atoms with Gasteiger partial charge in [0.05, 0.1) is 5.69 Å². The summed E-state index contributed by atoms with van der Waals surface area (Å²) in [5.74, 6) is 0. The number of aromatic nitrogens is 1. The molecule has 0 saturated heterocycles. The third-order valence-electron chi connectivity index (χ3n) is 3.13. The second-order valence-electron chi connectivity index (χ2n) is 5.09. The fraction of sp³-hybridized carbons (Fsp3) is 0.111. The molecule has 0 aliphatic carbocycles. The smallest absolute Gasteiger partial charge is 0.215 e. The molecule has 0 N–H and O–H groups in total. The van der Waals surface area contributed by atoms with Crippen LogP contribution in [0.25, 0.3) is 16.9 Å². The van der Waals surface area contributed by atoms with Gasteiger partial charge in [-0.15, -0.1) is 16.4 Å². The summed E-state index contributed by atoms with van der Waals surface area (Å²) in [4.78, 5) is 0.867. The Morgan fingerprint density at radius 2 is 1.55 bits per heavy atom. The van der Waals surface area contributed by atoms with E-state index in [-0.39, 0.29) is 0 Å². The fourth-order valence-corrected chi connectivity index (χ4v) is 3.02. The SMILES string of the molecule is CC(C)=NN=c1scc(-c2ccccc2)n1-c1ccccc1. The van der Waals surface area contributed by atoms with Crippen LogP contribution in [0, 0.1) is 0 Å². The average Bonchev–Trinajstić information content (AvgIpc) is 2.98. The Labute approximate surface area is 133 Å². The Hall–Kier alpha value is -2.46. The van der Waals surface area contributed by atoms with E-state index in [4.69, 9.17) is 0 Å². The van der Waals surface area contributed by atoms with E-state index < -0.39 is 0 Å². The predicted molar refractivity (Wildman–Crippen MR) is 93.4 cm³/mol. The summed E-state index contributed by atoms with van der Waals surface area (Å²) in [6.45, 7) is 3.89. The van der Waals surface area contributed by atoms with E-state index in [1.165, 1.54) is 5.56 Å². The van der Waals surface area contributed by atoms with Crippen molar-refractivity contribution < 1.29 is 0 Å². The lowest BCUT2D eigenvalue weighted by Gasteiger charge is -2.08. The van der Waals surface area contributed by atoms with Gasteiger partial charge in [-0.3, -0.25) is 4.57 Å². The summed E-state index contributed by atoms with van der Waals surface area (Å²) in [5.41, 5.74) is 4.32. The summed E-state index contributed by atoms with van der Waals surface area (Å²) in [5, 5.41) is 10.7. The van der Waals surface area contributed by atoms with Gasteiger partial charge in [-0.05, 0) is 31.5 Å². The minimum Gasteiger partial charge on any atom is -0.284 e. The number of hydrogen-bond donors (Lipinski definition) is 0. The quantitative estimate of drug-likeness (QED) is 0.504. The van der Waals surface area contributed by atoms with E-state index in [0.29, 0.717) is 0 Å². The highest BCUT2D eigenvalue weighted by molar-refractivity contribution is 7.07. The third kappa shape index (κ3) is 3.07. The molecule has 0 saturated carbocycles. The third-order valence-corrected chi connectivity index (χ3v) is 3.94. The van der Waals surface area contributed by atoms with Crippen molar-refractivity contribution in [2.75, 3.05) is 0 Å². The van der Waals surface area contributed by atoms with Crippen LogP contribution in [0.5, 0.6) is 0 Å². The Kier molecular flexibility index (Phi) is 4.30. The topological polar surface area (TPSA) is 29.6 Å². The highest BCUT2D eigenvalue weighted by atomic mass is 32.1. The first-order valence-corrected chi connectivity index (χ1v) is 8.00. The van der Waals surface area contributed by atoms with Gasteiger partial charge in [-0.1, -0.05) is 48.5 Å². The van der Waals surface area contributed by atoms with E-state index in [1.54, 1.807) is 11.3 Å². The van der Waals surface area contributed by atoms with Crippen LogP contribution >= 0.6 is 11.3 Å². The van der Waals surface area contributed by atoms with Crippen LogP contribution in [0.2, 0.25) is 0 Å². The van der Waals surface area contributed by atoms with Crippen LogP contribution in [0.4, 0.5) is 0 Å². The van der Waals surface area contributed by atoms with E-state index in [0.717, 1.165) is 21.9 Å². The van der Waals surface area contributed by atoms with Gasteiger partial charge >= 0.3 is 0 Å². The molecule has 0 unspecified atom stereocenters. The monoisotopic (exact) mass is 307 g/mol. The van der Waals surface area contributed by atoms with Gasteiger partial charge in [0.15, 0.2) is 0 Å². The molecule has 0 fully saturated rings. The van der Waals surface area contributed by atoms with Crippen LogP contribution in [-0.4, -0.2) is 10.3 Å². The van der Waals surface area contributed by atoms with Gasteiger partial charge in [-0.2, -0.15) is 5.10 Å². The Morgan fingerprint density at radius 3 is 2.18 bits per heavy atom. The summed E-state index contributed by atoms with van der Waals surface area (Å²) >= 11 is 1.60. The van der Waals surface area contributed by atoms with Crippen LogP contribution in [0.15, 0.2) is 76.2 Å². The van der Waals surface area contributed by atoms with Crippen molar-refractivity contribution in [2.24, 2.45) is 10.2 Å². The predicted octanol–water partition coefficient (Wildman–Crippen LogP) is 4.50. The van der Waals surface area contributed by atoms with Crippen molar-refractivity contribution in [2.45, 2.75) is 13.8 Å². The summed E-state index contributed by atoms with van der Waals surface area (Å²) in [6, 6.07) is 20.6. The second kappa shape index (κ2) is 6.54. The molecule has 0 aliphatic heterocycles. The lowest BCUT2D eigenvalue weighted by molar-refractivity contribution is 0.969. The van der Waals surface area contributed by atoms with Crippen molar-refractivity contribution in [3.05, 3.63) is 70.8 Å². The average molecular weight is 307 g/mol. The second-order valence-corrected chi connectivity index (χ2v) is 5.92. The van der Waals surface area contributed by atoms with E-state index >= 15 is 0 Å². The number of rotatable bonds is 3. The zero-order chi connectivity index (χ0) is 15.4. The Morgan fingerprint density at radius 1 is 0.909 bits per heavy atom. The van der Waals surface area contributed by atoms with Gasteiger partial charge in [0.2, 0.25) is 4.80 Å². The van der Waals surface area contributed by atoms with E-state index in [2.05, 4.69) is 44.4 Å². The molecular weight excluding hydrogens is 290 g/mol. The standard InChI is InChI=1S/C18H17N3S/c1-14(2)19-20-18-21(16-11-7-4-8-12-16)17(13-22-18)15-9-5-3-6-10-15/h3-13H,1-2H3. The van der Waals surface area contributed by atoms with E-state index in [9.17, 15) is 0 Å². The lowest BCUT2D eigenvalue weighted by atomic mass is 10.1. The molecule has 0 bridgehead atoms. The summed E-state index contributed by atoms with van der Waals surface area (Å²) in [6.07, 6.45) is 0. The Balaban J connectivity index is 2.25.